The van der Waals surface area contributed by atoms with Crippen molar-refractivity contribution in [2.45, 2.75) is 55.1 Å². The van der Waals surface area contributed by atoms with Gasteiger partial charge < -0.3 is 31.5 Å². The lowest BCUT2D eigenvalue weighted by Gasteiger charge is -2.24. The van der Waals surface area contributed by atoms with E-state index >= 15 is 0 Å². The van der Waals surface area contributed by atoms with Crippen LogP contribution in [-0.4, -0.2) is 87.7 Å². The summed E-state index contributed by atoms with van der Waals surface area (Å²) in [5.74, 6) is -2.22. The Bertz CT molecular complexity index is 1440. The molecule has 1 aliphatic heterocycles. The first-order valence-electron chi connectivity index (χ1n) is 13.6. The van der Waals surface area contributed by atoms with Crippen LogP contribution >= 0.6 is 11.8 Å². The van der Waals surface area contributed by atoms with Gasteiger partial charge in [-0.2, -0.15) is 5.48 Å². The van der Waals surface area contributed by atoms with Crippen LogP contribution in [0.4, 0.5) is 5.69 Å². The van der Waals surface area contributed by atoms with Gasteiger partial charge in [-0.25, -0.2) is 4.89 Å². The van der Waals surface area contributed by atoms with E-state index in [0.717, 1.165) is 23.9 Å². The van der Waals surface area contributed by atoms with Crippen LogP contribution in [0.1, 0.15) is 42.5 Å². The molecule has 3 atom stereocenters. The molecule has 46 heavy (non-hydrogen) atoms. The quantitative estimate of drug-likeness (QED) is 0.0375. The highest BCUT2D eigenvalue weighted by Crippen LogP contribution is 2.28. The maximum absolute atomic E-state index is 13.4. The number of carbonyl (C=O) groups is 6. The van der Waals surface area contributed by atoms with Crippen molar-refractivity contribution >= 4 is 53.0 Å². The molecule has 1 aromatic rings. The number of hydrogen-bond donors (Lipinski definition) is 7. The Morgan fingerprint density at radius 3 is 2.48 bits per heavy atom. The number of aliphatic carboxylic acids is 2. The average Bonchev–Trinajstić information content (AvgIpc) is 3.01. The molecule has 0 spiro atoms. The van der Waals surface area contributed by atoms with Crippen LogP contribution in [0, 0.1) is 34.5 Å². The number of quaternary nitrogens is 1. The van der Waals surface area contributed by atoms with Crippen LogP contribution in [0.25, 0.3) is 0 Å². The minimum Gasteiger partial charge on any atom is -0.481 e. The van der Waals surface area contributed by atoms with Crippen LogP contribution in [0.3, 0.4) is 0 Å². The minimum absolute atomic E-state index is 0.0196. The first-order valence-corrected chi connectivity index (χ1v) is 14.5. The first kappa shape index (κ1) is 36.8. The molecule has 1 heterocycles. The van der Waals surface area contributed by atoms with Crippen LogP contribution < -0.4 is 26.7 Å². The summed E-state index contributed by atoms with van der Waals surface area (Å²) in [6.45, 7) is -0.429. The predicted octanol–water partition coefficient (Wildman–Crippen LogP) is -1.97. The molecule has 0 saturated heterocycles. The van der Waals surface area contributed by atoms with Gasteiger partial charge in [-0.05, 0) is 37.7 Å². The number of hydrogen-bond acceptors (Lipinski definition) is 11. The van der Waals surface area contributed by atoms with Gasteiger partial charge in [0.2, 0.25) is 17.7 Å². The smallest absolute Gasteiger partial charge is 0.322 e. The molecule has 1 aromatic carbocycles. The number of non-ortho nitro benzene ring substituents is 1. The average molecular weight is 664 g/mol. The topological polar surface area (TPSA) is 269 Å². The zero-order valence-electron chi connectivity index (χ0n) is 24.1. The number of thioether (sulfide) groups is 1. The van der Waals surface area contributed by atoms with Gasteiger partial charge in [-0.1, -0.05) is 0 Å². The van der Waals surface area contributed by atoms with Gasteiger partial charge in [-0.15, -0.1) is 18.2 Å². The molecule has 4 amide bonds. The van der Waals surface area contributed by atoms with Gasteiger partial charge in [-0.3, -0.25) is 38.9 Å². The largest absolute Gasteiger partial charge is 0.481 e. The summed E-state index contributed by atoms with van der Waals surface area (Å²) in [6, 6.07) is -0.798. The van der Waals surface area contributed by atoms with E-state index in [4.69, 9.17) is 16.5 Å². The Labute approximate surface area is 265 Å². The van der Waals surface area contributed by atoms with Crippen molar-refractivity contribution in [1.82, 2.24) is 21.3 Å². The van der Waals surface area contributed by atoms with Crippen molar-refractivity contribution < 1.29 is 59.3 Å². The molecular formula is C27H31N6O12S+. The number of carboxylic acid groups (broad SMARTS) is 2. The fourth-order valence-electron chi connectivity index (χ4n) is 3.90. The molecule has 0 bridgehead atoms. The third kappa shape index (κ3) is 12.7. The van der Waals surface area contributed by atoms with Crippen molar-refractivity contribution in [3.63, 3.8) is 0 Å². The molecule has 246 valence electrons. The maximum Gasteiger partial charge on any atom is 0.322 e. The van der Waals surface area contributed by atoms with Crippen molar-refractivity contribution in [2.24, 2.45) is 0 Å². The number of fused-ring (bicyclic) bond motifs is 1. The lowest BCUT2D eigenvalue weighted by Crippen LogP contribution is -2.82. The first-order chi connectivity index (χ1) is 21.9. The van der Waals surface area contributed by atoms with E-state index in [9.17, 15) is 44.0 Å². The standard InChI is InChI=1S/C27H30N6O12S/c1-2-3-12-44-45-29-11-5-4-6-18-26(40)32-20(25(39)28-14-23(36)37)15-46-21-9-7-16(33(42)43)13-17(21)24(38)30-19(27(41)31-18)8-10-22(34)35/h1,7,9,13,18-20,29H,4-6,8,10-11,14-15H2,(H,28,39)(H,30,38)(H,31,41)(H,32,40)(H,34,35)(H,36,37)/p+1/t18?,19?,20-/m0/s1. The third-order valence-electron chi connectivity index (χ3n) is 6.12. The zero-order chi connectivity index (χ0) is 34.1. The summed E-state index contributed by atoms with van der Waals surface area (Å²) in [7, 11) is 0. The van der Waals surface area contributed by atoms with Crippen LogP contribution in [-0.2, 0) is 33.8 Å². The second kappa shape index (κ2) is 19.1. The van der Waals surface area contributed by atoms with E-state index in [1.165, 1.54) is 11.5 Å². The number of carboxylic acids is 2. The Morgan fingerprint density at radius 1 is 1.09 bits per heavy atom. The molecular weight excluding hydrogens is 632 g/mol. The second-order valence-corrected chi connectivity index (χ2v) is 10.5. The van der Waals surface area contributed by atoms with E-state index in [1.54, 1.807) is 0 Å². The van der Waals surface area contributed by atoms with Crippen LogP contribution in [0.2, 0.25) is 0 Å². The Morgan fingerprint density at radius 2 is 1.80 bits per heavy atom. The van der Waals surface area contributed by atoms with Crippen molar-refractivity contribution in [2.75, 3.05) is 18.8 Å². The Kier molecular flexibility index (Phi) is 15.3. The van der Waals surface area contributed by atoms with Crippen molar-refractivity contribution in [3.8, 4) is 24.4 Å². The Hall–Kier alpha value is -5.37. The van der Waals surface area contributed by atoms with E-state index in [-0.39, 0.29) is 29.1 Å². The fourth-order valence-corrected chi connectivity index (χ4v) is 4.95. The summed E-state index contributed by atoms with van der Waals surface area (Å²) in [4.78, 5) is 95.3. The molecule has 19 heteroatoms. The number of carbonyl (C=O) groups excluding carboxylic acids is 4. The highest BCUT2D eigenvalue weighted by atomic mass is 32.2. The number of nitrogens with zero attached hydrogens (tertiary/aromatic N) is 1. The lowest BCUT2D eigenvalue weighted by molar-refractivity contribution is -0.960. The number of nitrogens with one attached hydrogen (secondary N) is 4. The van der Waals surface area contributed by atoms with Gasteiger partial charge in [0.1, 0.15) is 31.2 Å². The van der Waals surface area contributed by atoms with Gasteiger partial charge >= 0.3 is 11.9 Å². The van der Waals surface area contributed by atoms with E-state index in [0.29, 0.717) is 19.4 Å². The third-order valence-corrected chi connectivity index (χ3v) is 7.29. The number of hydroxylamine groups is 1. The van der Waals surface area contributed by atoms with Crippen molar-refractivity contribution in [3.05, 3.63) is 33.9 Å². The molecule has 18 nitrogen and oxygen atoms in total. The van der Waals surface area contributed by atoms with E-state index in [2.05, 4.69) is 38.2 Å². The number of amides is 4. The molecule has 2 rings (SSSR count). The monoisotopic (exact) mass is 663 g/mol. The number of nitro groups is 1. The molecule has 1 aliphatic rings. The maximum atomic E-state index is 13.4. The van der Waals surface area contributed by atoms with Crippen LogP contribution in [0.15, 0.2) is 23.1 Å². The number of benzene rings is 1. The minimum atomic E-state index is -1.46. The Balaban J connectivity index is 2.39. The number of terminal acetylenes is 1. The molecule has 0 aromatic heterocycles. The number of nitrogens with two attached hydrogens (primary N) is 1. The van der Waals surface area contributed by atoms with Crippen LogP contribution in [0.5, 0.6) is 0 Å². The number of unbranched alkanes of at least 4 members (excludes halogenated alkanes) is 1. The molecule has 0 saturated carbocycles. The summed E-state index contributed by atoms with van der Waals surface area (Å²) in [5.41, 5.74) is 0.587. The second-order valence-electron chi connectivity index (χ2n) is 9.44. The van der Waals surface area contributed by atoms with Gasteiger partial charge in [0.15, 0.2) is 6.11 Å². The molecule has 2 unspecified atom stereocenters. The van der Waals surface area contributed by atoms with Crippen molar-refractivity contribution in [1.29, 1.82) is 0 Å². The number of rotatable bonds is 14. The van der Waals surface area contributed by atoms with Gasteiger partial charge in [0.05, 0.1) is 10.5 Å². The zero-order valence-corrected chi connectivity index (χ0v) is 24.9. The number of nitro benzene ring substituents is 1. The van der Waals surface area contributed by atoms with E-state index in [1.807, 2.05) is 5.92 Å². The summed E-state index contributed by atoms with van der Waals surface area (Å²) < 4.78 is 0. The van der Waals surface area contributed by atoms with E-state index < -0.39 is 77.3 Å². The molecule has 0 aliphatic carbocycles. The highest BCUT2D eigenvalue weighted by molar-refractivity contribution is 7.99. The highest BCUT2D eigenvalue weighted by Gasteiger charge is 2.32. The van der Waals surface area contributed by atoms with Gasteiger partial charge in [0, 0.05) is 40.1 Å². The molecule has 0 fully saturated rings. The molecule has 8 N–H and O–H groups in total. The fraction of sp³-hybridized carbons (Fsp3) is 0.407. The summed E-state index contributed by atoms with van der Waals surface area (Å²) in [5, 5.41) is 39.2. The van der Waals surface area contributed by atoms with Gasteiger partial charge in [0.25, 0.3) is 11.6 Å². The summed E-state index contributed by atoms with van der Waals surface area (Å²) in [6.07, 6.45) is 6.88. The lowest BCUT2D eigenvalue weighted by atomic mass is 10.1. The summed E-state index contributed by atoms with van der Waals surface area (Å²) >= 11 is 0.864. The molecule has 0 radical (unpaired) electrons. The predicted molar refractivity (Wildman–Crippen MR) is 156 cm³/mol. The SMILES string of the molecule is C#CC#COO[NH2+]CCCCC1NC(=O)C(CCC(=O)O)NC(=O)c2cc([N+](=O)[O-])ccc2SC[C@@H](C(=O)NCC(=O)O)NC1=O. The normalized spacial score (nSPS) is 18.2.